The highest BCUT2D eigenvalue weighted by atomic mass is 16.3. The van der Waals surface area contributed by atoms with Crippen molar-refractivity contribution < 1.29 is 9.90 Å². The zero-order valence-electron chi connectivity index (χ0n) is 15.8. The number of hydrogen-bond acceptors (Lipinski definition) is 4. The first-order chi connectivity index (χ1) is 13.7. The Morgan fingerprint density at radius 2 is 1.82 bits per heavy atom. The predicted octanol–water partition coefficient (Wildman–Crippen LogP) is 2.47. The topological polar surface area (TPSA) is 75.4 Å². The number of para-hydroxylation sites is 2. The van der Waals surface area contributed by atoms with Gasteiger partial charge in [0.25, 0.3) is 5.56 Å². The van der Waals surface area contributed by atoms with E-state index in [1.165, 1.54) is 0 Å². The number of anilines is 1. The maximum absolute atomic E-state index is 13.0. The average Bonchev–Trinajstić information content (AvgIpc) is 2.99. The summed E-state index contributed by atoms with van der Waals surface area (Å²) in [4.78, 5) is 32.6. The number of amides is 1. The van der Waals surface area contributed by atoms with Gasteiger partial charge >= 0.3 is 0 Å². The minimum Gasteiger partial charge on any atom is -0.396 e. The van der Waals surface area contributed by atoms with Gasteiger partial charge in [0.2, 0.25) is 5.91 Å². The lowest BCUT2D eigenvalue weighted by molar-refractivity contribution is -0.119. The molecule has 0 aliphatic carbocycles. The Labute approximate surface area is 163 Å². The van der Waals surface area contributed by atoms with Gasteiger partial charge in [0.1, 0.15) is 5.82 Å². The molecular weight excluding hydrogens is 354 g/mol. The highest BCUT2D eigenvalue weighted by Crippen LogP contribution is 2.38. The van der Waals surface area contributed by atoms with Gasteiger partial charge in [0.05, 0.1) is 16.8 Å². The van der Waals surface area contributed by atoms with Crippen molar-refractivity contribution in [3.8, 4) is 0 Å². The van der Waals surface area contributed by atoms with Crippen molar-refractivity contribution in [1.29, 1.82) is 0 Å². The second kappa shape index (κ2) is 7.56. The van der Waals surface area contributed by atoms with Crippen molar-refractivity contribution in [3.63, 3.8) is 0 Å². The van der Waals surface area contributed by atoms with E-state index in [-0.39, 0.29) is 24.0 Å². The molecule has 0 saturated carbocycles. The van der Waals surface area contributed by atoms with Crippen molar-refractivity contribution in [1.82, 2.24) is 9.55 Å². The molecule has 6 nitrogen and oxygen atoms in total. The number of aromatic nitrogens is 2. The molecule has 3 aromatic rings. The fourth-order valence-corrected chi connectivity index (χ4v) is 4.00. The Morgan fingerprint density at radius 1 is 1.07 bits per heavy atom. The van der Waals surface area contributed by atoms with E-state index in [0.717, 1.165) is 11.3 Å². The summed E-state index contributed by atoms with van der Waals surface area (Å²) in [5.41, 5.74) is 2.42. The van der Waals surface area contributed by atoms with Crippen molar-refractivity contribution in [3.05, 3.63) is 70.3 Å². The van der Waals surface area contributed by atoms with Crippen LogP contribution in [0.15, 0.2) is 53.3 Å². The molecule has 1 aliphatic rings. The van der Waals surface area contributed by atoms with E-state index in [1.54, 1.807) is 15.5 Å². The van der Waals surface area contributed by atoms with Gasteiger partial charge < -0.3 is 10.0 Å². The number of carbonyl (C=O) groups is 1. The number of rotatable bonds is 6. The predicted molar refractivity (Wildman–Crippen MR) is 109 cm³/mol. The fraction of sp³-hybridized carbons (Fsp3) is 0.318. The van der Waals surface area contributed by atoms with E-state index in [2.05, 4.69) is 0 Å². The number of likely N-dealkylation sites (N-methyl/N-ethyl adjacent to an activating group) is 1. The van der Waals surface area contributed by atoms with Crippen molar-refractivity contribution in [2.45, 2.75) is 32.2 Å². The van der Waals surface area contributed by atoms with Crippen LogP contribution >= 0.6 is 0 Å². The molecule has 1 aromatic heterocycles. The van der Waals surface area contributed by atoms with Crippen LogP contribution in [0.25, 0.3) is 10.9 Å². The number of aliphatic hydroxyl groups excluding tert-OH is 1. The number of aliphatic hydroxyl groups is 1. The summed E-state index contributed by atoms with van der Waals surface area (Å²) < 4.78 is 1.61. The van der Waals surface area contributed by atoms with Crippen LogP contribution in [0.1, 0.15) is 30.7 Å². The summed E-state index contributed by atoms with van der Waals surface area (Å²) in [7, 11) is 0. The quantitative estimate of drug-likeness (QED) is 0.716. The molecule has 1 N–H and O–H groups in total. The molecule has 1 atom stereocenters. The summed E-state index contributed by atoms with van der Waals surface area (Å²) in [6.07, 6.45) is 0.820. The molecule has 0 radical (unpaired) electrons. The van der Waals surface area contributed by atoms with Gasteiger partial charge in [0.15, 0.2) is 0 Å². The molecule has 2 heterocycles. The first-order valence-electron chi connectivity index (χ1n) is 9.65. The summed E-state index contributed by atoms with van der Waals surface area (Å²) in [6.45, 7) is 2.94. The molecule has 0 saturated heterocycles. The standard InChI is InChI=1S/C22H23N3O3/c1-2-24-19-11-6-4-8-15(19)17(22(24)28)14-20-23-18-10-5-3-9-16(18)21(27)25(20)12-7-13-26/h3-6,8-11,17,26H,2,7,12-14H2,1H3/t17-/m1/s1. The van der Waals surface area contributed by atoms with Crippen molar-refractivity contribution in [2.75, 3.05) is 18.1 Å². The third kappa shape index (κ3) is 2.99. The second-order valence-corrected chi connectivity index (χ2v) is 6.98. The largest absolute Gasteiger partial charge is 0.396 e. The Hall–Kier alpha value is -2.99. The Balaban J connectivity index is 1.81. The maximum Gasteiger partial charge on any atom is 0.261 e. The van der Waals surface area contributed by atoms with E-state index < -0.39 is 0 Å². The summed E-state index contributed by atoms with van der Waals surface area (Å²) in [5, 5.41) is 9.80. The van der Waals surface area contributed by atoms with Crippen molar-refractivity contribution >= 4 is 22.5 Å². The lowest BCUT2D eigenvalue weighted by atomic mass is 9.96. The monoisotopic (exact) mass is 377 g/mol. The molecule has 0 unspecified atom stereocenters. The molecule has 1 aliphatic heterocycles. The minimum atomic E-state index is -0.357. The first kappa shape index (κ1) is 18.4. The van der Waals surface area contributed by atoms with E-state index in [1.807, 2.05) is 49.4 Å². The van der Waals surface area contributed by atoms with Crippen LogP contribution in [0.2, 0.25) is 0 Å². The van der Waals surface area contributed by atoms with Crippen LogP contribution in [0.4, 0.5) is 5.69 Å². The molecule has 0 bridgehead atoms. The van der Waals surface area contributed by atoms with E-state index in [9.17, 15) is 14.7 Å². The van der Waals surface area contributed by atoms with Crippen LogP contribution in [0, 0.1) is 0 Å². The molecule has 4 rings (SSSR count). The first-order valence-corrected chi connectivity index (χ1v) is 9.65. The van der Waals surface area contributed by atoms with Gasteiger partial charge in [-0.25, -0.2) is 4.98 Å². The zero-order valence-corrected chi connectivity index (χ0v) is 15.8. The van der Waals surface area contributed by atoms with Crippen LogP contribution in [-0.2, 0) is 17.8 Å². The Bertz CT molecular complexity index is 1090. The smallest absolute Gasteiger partial charge is 0.261 e. The third-order valence-electron chi connectivity index (χ3n) is 5.35. The number of carbonyl (C=O) groups excluding carboxylic acids is 1. The SMILES string of the molecule is CCN1C(=O)[C@H](Cc2nc3ccccc3c(=O)n2CCCO)c2ccccc21. The molecule has 6 heteroatoms. The summed E-state index contributed by atoms with van der Waals surface area (Å²) >= 11 is 0. The highest BCUT2D eigenvalue weighted by Gasteiger charge is 2.37. The molecule has 144 valence electrons. The van der Waals surface area contributed by atoms with Gasteiger partial charge in [-0.15, -0.1) is 0 Å². The lowest BCUT2D eigenvalue weighted by Crippen LogP contribution is -2.31. The minimum absolute atomic E-state index is 0.00644. The van der Waals surface area contributed by atoms with Gasteiger partial charge in [-0.3, -0.25) is 14.2 Å². The van der Waals surface area contributed by atoms with E-state index in [0.29, 0.717) is 42.7 Å². The van der Waals surface area contributed by atoms with Crippen LogP contribution in [-0.4, -0.2) is 33.7 Å². The molecule has 28 heavy (non-hydrogen) atoms. The third-order valence-corrected chi connectivity index (χ3v) is 5.35. The number of nitrogens with zero attached hydrogens (tertiary/aromatic N) is 3. The van der Waals surface area contributed by atoms with E-state index in [4.69, 9.17) is 4.98 Å². The number of hydrogen-bond donors (Lipinski definition) is 1. The maximum atomic E-state index is 13.0. The zero-order chi connectivity index (χ0) is 19.7. The number of fused-ring (bicyclic) bond motifs is 2. The van der Waals surface area contributed by atoms with E-state index >= 15 is 0 Å². The van der Waals surface area contributed by atoms with Gasteiger partial charge in [-0.05, 0) is 37.1 Å². The number of benzene rings is 2. The van der Waals surface area contributed by atoms with Crippen LogP contribution in [0.5, 0.6) is 0 Å². The summed E-state index contributed by atoms with van der Waals surface area (Å²) in [5.74, 6) is 0.271. The highest BCUT2D eigenvalue weighted by molar-refractivity contribution is 6.05. The van der Waals surface area contributed by atoms with Gasteiger partial charge in [-0.1, -0.05) is 30.3 Å². The molecule has 2 aromatic carbocycles. The normalized spacial score (nSPS) is 16.0. The Kier molecular flexibility index (Phi) is 4.96. The van der Waals surface area contributed by atoms with Crippen molar-refractivity contribution in [2.24, 2.45) is 0 Å². The summed E-state index contributed by atoms with van der Waals surface area (Å²) in [6, 6.07) is 15.1. The molecular formula is C22H23N3O3. The average molecular weight is 377 g/mol. The van der Waals surface area contributed by atoms with Crippen LogP contribution < -0.4 is 10.5 Å². The fourth-order valence-electron chi connectivity index (χ4n) is 4.00. The molecule has 1 amide bonds. The molecule has 0 fully saturated rings. The van der Waals surface area contributed by atoms with Gasteiger partial charge in [-0.2, -0.15) is 0 Å². The van der Waals surface area contributed by atoms with Gasteiger partial charge in [0, 0.05) is 31.8 Å². The lowest BCUT2D eigenvalue weighted by Gasteiger charge is -2.17. The second-order valence-electron chi connectivity index (χ2n) is 6.98. The van der Waals surface area contributed by atoms with Crippen LogP contribution in [0.3, 0.4) is 0 Å². The Morgan fingerprint density at radius 3 is 2.61 bits per heavy atom. The molecule has 0 spiro atoms.